The maximum absolute atomic E-state index is 13.2. The van der Waals surface area contributed by atoms with Gasteiger partial charge >= 0.3 is 5.97 Å². The van der Waals surface area contributed by atoms with Crippen LogP contribution in [-0.2, 0) is 6.54 Å². The summed E-state index contributed by atoms with van der Waals surface area (Å²) in [5.74, 6) is -1.83. The number of hydrogen-bond acceptors (Lipinski definition) is 2. The van der Waals surface area contributed by atoms with E-state index in [0.717, 1.165) is 5.56 Å². The van der Waals surface area contributed by atoms with Crippen molar-refractivity contribution < 1.29 is 19.1 Å². The smallest absolute Gasteiger partial charge is 0.335 e. The van der Waals surface area contributed by atoms with Crippen molar-refractivity contribution >= 4 is 11.9 Å². The molecule has 108 valence electrons. The maximum atomic E-state index is 13.2. The second kappa shape index (κ2) is 6.17. The molecular formula is C16H14FNO3. The number of carboxylic acids is 1. The minimum Gasteiger partial charge on any atom is -0.478 e. The van der Waals surface area contributed by atoms with E-state index in [1.807, 2.05) is 0 Å². The van der Waals surface area contributed by atoms with Gasteiger partial charge in [0.15, 0.2) is 0 Å². The van der Waals surface area contributed by atoms with Crippen LogP contribution in [-0.4, -0.2) is 17.0 Å². The number of carbonyl (C=O) groups excluding carboxylic acids is 1. The number of carbonyl (C=O) groups is 2. The number of rotatable bonds is 4. The van der Waals surface area contributed by atoms with Gasteiger partial charge in [-0.3, -0.25) is 4.79 Å². The molecule has 0 radical (unpaired) electrons. The monoisotopic (exact) mass is 287 g/mol. The lowest BCUT2D eigenvalue weighted by Gasteiger charge is -2.07. The van der Waals surface area contributed by atoms with Crippen molar-refractivity contribution in [2.45, 2.75) is 13.5 Å². The molecule has 0 unspecified atom stereocenters. The standard InChI is InChI=1S/C16H14FNO3/c1-10-6-13(8-14(17)7-10)15(19)18-9-11-2-4-12(5-3-11)16(20)21/h2-8H,9H2,1H3,(H,18,19)(H,20,21). The van der Waals surface area contributed by atoms with Crippen LogP contribution in [0.5, 0.6) is 0 Å². The molecule has 1 amide bonds. The van der Waals surface area contributed by atoms with Gasteiger partial charge in [0.1, 0.15) is 5.82 Å². The van der Waals surface area contributed by atoms with E-state index in [1.54, 1.807) is 25.1 Å². The van der Waals surface area contributed by atoms with Gasteiger partial charge in [0.05, 0.1) is 5.56 Å². The van der Waals surface area contributed by atoms with Crippen molar-refractivity contribution in [2.24, 2.45) is 0 Å². The highest BCUT2D eigenvalue weighted by Crippen LogP contribution is 2.09. The quantitative estimate of drug-likeness (QED) is 0.908. The second-order valence-electron chi connectivity index (χ2n) is 4.70. The topological polar surface area (TPSA) is 66.4 Å². The first-order valence-electron chi connectivity index (χ1n) is 6.33. The predicted octanol–water partition coefficient (Wildman–Crippen LogP) is 2.76. The molecule has 5 heteroatoms. The fourth-order valence-corrected chi connectivity index (χ4v) is 1.92. The molecular weight excluding hydrogens is 273 g/mol. The molecule has 0 atom stereocenters. The summed E-state index contributed by atoms with van der Waals surface area (Å²) in [6, 6.07) is 10.3. The van der Waals surface area contributed by atoms with Crippen LogP contribution in [0, 0.1) is 12.7 Å². The molecule has 0 fully saturated rings. The van der Waals surface area contributed by atoms with Crippen LogP contribution in [0.15, 0.2) is 42.5 Å². The third-order valence-electron chi connectivity index (χ3n) is 2.96. The molecule has 2 aromatic carbocycles. The number of amides is 1. The number of benzene rings is 2. The molecule has 0 bridgehead atoms. The summed E-state index contributed by atoms with van der Waals surface area (Å²) in [5, 5.41) is 11.5. The van der Waals surface area contributed by atoms with Crippen molar-refractivity contribution in [1.82, 2.24) is 5.32 Å². The zero-order valence-electron chi connectivity index (χ0n) is 11.4. The molecule has 2 rings (SSSR count). The lowest BCUT2D eigenvalue weighted by Crippen LogP contribution is -2.23. The summed E-state index contributed by atoms with van der Waals surface area (Å²) >= 11 is 0. The van der Waals surface area contributed by atoms with Gasteiger partial charge in [-0.1, -0.05) is 12.1 Å². The molecule has 0 aliphatic heterocycles. The van der Waals surface area contributed by atoms with Crippen molar-refractivity contribution in [3.05, 3.63) is 70.5 Å². The Hall–Kier alpha value is -2.69. The fraction of sp³-hybridized carbons (Fsp3) is 0.125. The Morgan fingerprint density at radius 2 is 1.76 bits per heavy atom. The highest BCUT2D eigenvalue weighted by atomic mass is 19.1. The van der Waals surface area contributed by atoms with Gasteiger partial charge in [0, 0.05) is 12.1 Å². The average Bonchev–Trinajstić information content (AvgIpc) is 2.44. The van der Waals surface area contributed by atoms with Gasteiger partial charge in [-0.05, 0) is 48.4 Å². The van der Waals surface area contributed by atoms with Crippen LogP contribution < -0.4 is 5.32 Å². The Morgan fingerprint density at radius 3 is 2.33 bits per heavy atom. The summed E-state index contributed by atoms with van der Waals surface area (Å²) < 4.78 is 13.2. The lowest BCUT2D eigenvalue weighted by molar-refractivity contribution is 0.0696. The molecule has 2 N–H and O–H groups in total. The Balaban J connectivity index is 2.02. The second-order valence-corrected chi connectivity index (χ2v) is 4.70. The van der Waals surface area contributed by atoms with Gasteiger partial charge in [-0.15, -0.1) is 0 Å². The Bertz CT molecular complexity index is 660. The molecule has 0 saturated carbocycles. The zero-order valence-corrected chi connectivity index (χ0v) is 11.4. The molecule has 21 heavy (non-hydrogen) atoms. The molecule has 2 aromatic rings. The predicted molar refractivity (Wildman–Crippen MR) is 75.7 cm³/mol. The van der Waals surface area contributed by atoms with Crippen molar-refractivity contribution in [2.75, 3.05) is 0 Å². The normalized spacial score (nSPS) is 10.2. The van der Waals surface area contributed by atoms with Crippen LogP contribution in [0.1, 0.15) is 31.8 Å². The van der Waals surface area contributed by atoms with Gasteiger partial charge in [-0.25, -0.2) is 9.18 Å². The van der Waals surface area contributed by atoms with E-state index in [0.29, 0.717) is 5.56 Å². The minimum absolute atomic E-state index is 0.186. The highest BCUT2D eigenvalue weighted by molar-refractivity contribution is 5.94. The van der Waals surface area contributed by atoms with Crippen LogP contribution >= 0.6 is 0 Å². The summed E-state index contributed by atoms with van der Waals surface area (Å²) in [6.07, 6.45) is 0. The number of hydrogen-bond donors (Lipinski definition) is 2. The number of aromatic carboxylic acids is 1. The van der Waals surface area contributed by atoms with Crippen LogP contribution in [0.3, 0.4) is 0 Å². The van der Waals surface area contributed by atoms with Crippen molar-refractivity contribution in [1.29, 1.82) is 0 Å². The van der Waals surface area contributed by atoms with E-state index in [4.69, 9.17) is 5.11 Å². The van der Waals surface area contributed by atoms with Gasteiger partial charge in [-0.2, -0.15) is 0 Å². The molecule has 0 aliphatic rings. The first-order valence-corrected chi connectivity index (χ1v) is 6.33. The third-order valence-corrected chi connectivity index (χ3v) is 2.96. The summed E-state index contributed by atoms with van der Waals surface area (Å²) in [6.45, 7) is 1.96. The maximum Gasteiger partial charge on any atom is 0.335 e. The van der Waals surface area contributed by atoms with E-state index in [1.165, 1.54) is 24.3 Å². The van der Waals surface area contributed by atoms with Gasteiger partial charge < -0.3 is 10.4 Å². The average molecular weight is 287 g/mol. The van der Waals surface area contributed by atoms with E-state index in [9.17, 15) is 14.0 Å². The number of aryl methyl sites for hydroxylation is 1. The highest BCUT2D eigenvalue weighted by Gasteiger charge is 2.08. The fourth-order valence-electron chi connectivity index (χ4n) is 1.92. The Labute approximate surface area is 121 Å². The molecule has 0 spiro atoms. The Morgan fingerprint density at radius 1 is 1.10 bits per heavy atom. The van der Waals surface area contributed by atoms with E-state index < -0.39 is 11.8 Å². The third kappa shape index (κ3) is 3.89. The molecule has 0 saturated heterocycles. The summed E-state index contributed by atoms with van der Waals surface area (Å²) in [5.41, 5.74) is 1.88. The van der Waals surface area contributed by atoms with Crippen molar-refractivity contribution in [3.63, 3.8) is 0 Å². The Kier molecular flexibility index (Phi) is 4.33. The molecule has 4 nitrogen and oxygen atoms in total. The lowest BCUT2D eigenvalue weighted by atomic mass is 10.1. The largest absolute Gasteiger partial charge is 0.478 e. The van der Waals surface area contributed by atoms with E-state index in [-0.39, 0.29) is 23.6 Å². The van der Waals surface area contributed by atoms with Gasteiger partial charge in [0.2, 0.25) is 0 Å². The van der Waals surface area contributed by atoms with Gasteiger partial charge in [0.25, 0.3) is 5.91 Å². The number of halogens is 1. The first-order chi connectivity index (χ1) is 9.95. The summed E-state index contributed by atoms with van der Waals surface area (Å²) in [4.78, 5) is 22.6. The van der Waals surface area contributed by atoms with E-state index >= 15 is 0 Å². The van der Waals surface area contributed by atoms with E-state index in [2.05, 4.69) is 5.32 Å². The number of carboxylic acid groups (broad SMARTS) is 1. The van der Waals surface area contributed by atoms with Crippen molar-refractivity contribution in [3.8, 4) is 0 Å². The minimum atomic E-state index is -0.999. The SMILES string of the molecule is Cc1cc(F)cc(C(=O)NCc2ccc(C(=O)O)cc2)c1. The molecule has 0 aliphatic carbocycles. The van der Waals surface area contributed by atoms with Crippen LogP contribution in [0.25, 0.3) is 0 Å². The zero-order chi connectivity index (χ0) is 15.4. The summed E-state index contributed by atoms with van der Waals surface area (Å²) in [7, 11) is 0. The molecule has 0 aromatic heterocycles. The molecule has 0 heterocycles. The first kappa shape index (κ1) is 14.7. The van der Waals surface area contributed by atoms with Crippen LogP contribution in [0.2, 0.25) is 0 Å². The van der Waals surface area contributed by atoms with Crippen LogP contribution in [0.4, 0.5) is 4.39 Å². The number of nitrogens with one attached hydrogen (secondary N) is 1.